The van der Waals surface area contributed by atoms with Gasteiger partial charge in [0.1, 0.15) is 24.4 Å². The van der Waals surface area contributed by atoms with Crippen LogP contribution < -0.4 is 0 Å². The molecule has 0 spiro atoms. The monoisotopic (exact) mass is 546 g/mol. The molecule has 0 bridgehead atoms. The highest BCUT2D eigenvalue weighted by Gasteiger charge is 2.55. The molecule has 10 heteroatoms. The molecule has 1 aliphatic rings. The molecule has 0 aromatic heterocycles. The highest BCUT2D eigenvalue weighted by Crippen LogP contribution is 2.44. The van der Waals surface area contributed by atoms with Crippen molar-refractivity contribution in [2.75, 3.05) is 0 Å². The van der Waals surface area contributed by atoms with Crippen molar-refractivity contribution in [1.29, 1.82) is 0 Å². The standard InChI is InChI=1S/C25H46O7SSi2/c1-17-13-15-19(16-14-17)33(27,28)30-18(2)20-21(31-34(9,10)24(3,4)5)22(23(26)29-20)32-35(11,12)25(6,7)8/h13-16,18,20-23,26H,1-12H3/t18-,20-,21-,22+,23+/m1/s1. The summed E-state index contributed by atoms with van der Waals surface area (Å²) < 4.78 is 50.9. The molecule has 1 N–H and O–H groups in total. The first-order chi connectivity index (χ1) is 15.6. The van der Waals surface area contributed by atoms with Crippen LogP contribution >= 0.6 is 0 Å². The van der Waals surface area contributed by atoms with Crippen LogP contribution in [-0.2, 0) is 27.9 Å². The van der Waals surface area contributed by atoms with E-state index in [4.69, 9.17) is 17.8 Å². The average molecular weight is 547 g/mol. The van der Waals surface area contributed by atoms with Crippen LogP contribution in [0.25, 0.3) is 0 Å². The molecule has 0 aliphatic carbocycles. The lowest BCUT2D eigenvalue weighted by molar-refractivity contribution is -0.138. The van der Waals surface area contributed by atoms with Gasteiger partial charge in [-0.2, -0.15) is 8.42 Å². The molecule has 1 aromatic rings. The quantitative estimate of drug-likeness (QED) is 0.336. The summed E-state index contributed by atoms with van der Waals surface area (Å²) in [6, 6.07) is 6.50. The van der Waals surface area contributed by atoms with E-state index in [1.165, 1.54) is 12.1 Å². The van der Waals surface area contributed by atoms with Gasteiger partial charge in [0.25, 0.3) is 10.1 Å². The van der Waals surface area contributed by atoms with Gasteiger partial charge in [-0.3, -0.25) is 4.18 Å². The summed E-state index contributed by atoms with van der Waals surface area (Å²) in [5.41, 5.74) is 0.952. The van der Waals surface area contributed by atoms with Gasteiger partial charge in [-0.15, -0.1) is 0 Å². The highest BCUT2D eigenvalue weighted by molar-refractivity contribution is 7.86. The number of hydrogen-bond donors (Lipinski definition) is 1. The van der Waals surface area contributed by atoms with Crippen LogP contribution in [-0.4, -0.2) is 60.9 Å². The fourth-order valence-corrected chi connectivity index (χ4v) is 7.03. The van der Waals surface area contributed by atoms with Crippen LogP contribution in [0, 0.1) is 6.92 Å². The molecule has 0 amide bonds. The Balaban J connectivity index is 2.41. The van der Waals surface area contributed by atoms with Gasteiger partial charge in [0, 0.05) is 0 Å². The van der Waals surface area contributed by atoms with Gasteiger partial charge in [-0.05, 0) is 62.2 Å². The Morgan fingerprint density at radius 3 is 1.74 bits per heavy atom. The van der Waals surface area contributed by atoms with Gasteiger partial charge in [0.15, 0.2) is 22.9 Å². The van der Waals surface area contributed by atoms with Crippen molar-refractivity contribution in [3.8, 4) is 0 Å². The zero-order valence-electron chi connectivity index (χ0n) is 23.5. The van der Waals surface area contributed by atoms with Crippen LogP contribution in [0.1, 0.15) is 54.0 Å². The number of hydrogen-bond acceptors (Lipinski definition) is 7. The van der Waals surface area contributed by atoms with Crippen molar-refractivity contribution in [3.05, 3.63) is 29.8 Å². The van der Waals surface area contributed by atoms with E-state index in [0.29, 0.717) is 0 Å². The Labute approximate surface area is 214 Å². The van der Waals surface area contributed by atoms with Crippen molar-refractivity contribution in [3.63, 3.8) is 0 Å². The van der Waals surface area contributed by atoms with Crippen LogP contribution in [0.15, 0.2) is 29.2 Å². The van der Waals surface area contributed by atoms with Crippen molar-refractivity contribution in [1.82, 2.24) is 0 Å². The van der Waals surface area contributed by atoms with E-state index in [1.54, 1.807) is 19.1 Å². The summed E-state index contributed by atoms with van der Waals surface area (Å²) in [6.45, 7) is 24.8. The molecule has 1 fully saturated rings. The predicted molar refractivity (Wildman–Crippen MR) is 144 cm³/mol. The van der Waals surface area contributed by atoms with Gasteiger partial charge in [-0.25, -0.2) is 0 Å². The largest absolute Gasteiger partial charge is 0.408 e. The van der Waals surface area contributed by atoms with Crippen molar-refractivity contribution >= 4 is 26.8 Å². The number of ether oxygens (including phenoxy) is 1. The van der Waals surface area contributed by atoms with Crippen molar-refractivity contribution in [2.45, 2.75) is 127 Å². The first-order valence-electron chi connectivity index (χ1n) is 12.3. The van der Waals surface area contributed by atoms with Gasteiger partial charge in [0.2, 0.25) is 0 Å². The minimum absolute atomic E-state index is 0.0735. The zero-order valence-corrected chi connectivity index (χ0v) is 26.3. The molecular weight excluding hydrogens is 501 g/mol. The number of rotatable bonds is 8. The Hall–Kier alpha value is -0.596. The zero-order chi connectivity index (χ0) is 27.2. The topological polar surface area (TPSA) is 91.3 Å². The first kappa shape index (κ1) is 30.6. The van der Waals surface area contributed by atoms with E-state index in [2.05, 4.69) is 67.7 Å². The summed E-state index contributed by atoms with van der Waals surface area (Å²) in [5, 5.41) is 10.8. The van der Waals surface area contributed by atoms with E-state index in [0.717, 1.165) is 5.56 Å². The lowest BCUT2D eigenvalue weighted by Crippen LogP contribution is -2.55. The van der Waals surface area contributed by atoms with Crippen molar-refractivity contribution in [2.24, 2.45) is 0 Å². The van der Waals surface area contributed by atoms with Crippen LogP contribution in [0.3, 0.4) is 0 Å². The number of aliphatic hydroxyl groups excluding tert-OH is 1. The van der Waals surface area contributed by atoms with Gasteiger partial charge < -0.3 is 18.7 Å². The maximum atomic E-state index is 13.0. The van der Waals surface area contributed by atoms with Gasteiger partial charge in [-0.1, -0.05) is 59.2 Å². The van der Waals surface area contributed by atoms with Gasteiger partial charge >= 0.3 is 0 Å². The molecule has 1 heterocycles. The summed E-state index contributed by atoms with van der Waals surface area (Å²) in [4.78, 5) is 0.0735. The molecule has 0 saturated carbocycles. The van der Waals surface area contributed by atoms with Crippen LogP contribution in [0.2, 0.25) is 36.3 Å². The second-order valence-corrected chi connectivity index (χ2v) is 23.8. The molecule has 1 saturated heterocycles. The Kier molecular flexibility index (Phi) is 9.00. The third kappa shape index (κ3) is 7.04. The predicted octanol–water partition coefficient (Wildman–Crippen LogP) is 5.59. The van der Waals surface area contributed by atoms with Gasteiger partial charge in [0.05, 0.1) is 4.90 Å². The maximum Gasteiger partial charge on any atom is 0.297 e. The average Bonchev–Trinajstić information content (AvgIpc) is 2.95. The lowest BCUT2D eigenvalue weighted by Gasteiger charge is -2.44. The highest BCUT2D eigenvalue weighted by atomic mass is 32.2. The third-order valence-corrected chi connectivity index (χ3v) is 18.1. The second kappa shape index (κ2) is 10.3. The molecule has 5 atom stereocenters. The smallest absolute Gasteiger partial charge is 0.297 e. The van der Waals surface area contributed by atoms with Crippen LogP contribution in [0.5, 0.6) is 0 Å². The number of aliphatic hydroxyl groups is 1. The minimum Gasteiger partial charge on any atom is -0.408 e. The Morgan fingerprint density at radius 2 is 1.31 bits per heavy atom. The summed E-state index contributed by atoms with van der Waals surface area (Å²) in [5.74, 6) is 0. The lowest BCUT2D eigenvalue weighted by atomic mass is 10.1. The van der Waals surface area contributed by atoms with Crippen LogP contribution in [0.4, 0.5) is 0 Å². The normalized spacial score (nSPS) is 25.6. The number of aryl methyl sites for hydroxylation is 1. The Morgan fingerprint density at radius 1 is 0.886 bits per heavy atom. The summed E-state index contributed by atoms with van der Waals surface area (Å²) in [7, 11) is -8.69. The van der Waals surface area contributed by atoms with E-state index in [9.17, 15) is 13.5 Å². The fraction of sp³-hybridized carbons (Fsp3) is 0.760. The molecule has 0 radical (unpaired) electrons. The minimum atomic E-state index is -4.04. The first-order valence-corrected chi connectivity index (χ1v) is 19.5. The fourth-order valence-electron chi connectivity index (χ4n) is 3.35. The summed E-state index contributed by atoms with van der Waals surface area (Å²) in [6.07, 6.45) is -4.41. The molecule has 202 valence electrons. The molecule has 7 nitrogen and oxygen atoms in total. The Bertz CT molecular complexity index is 963. The van der Waals surface area contributed by atoms with E-state index >= 15 is 0 Å². The third-order valence-electron chi connectivity index (χ3n) is 7.75. The summed E-state index contributed by atoms with van der Waals surface area (Å²) >= 11 is 0. The van der Waals surface area contributed by atoms with Crippen molar-refractivity contribution < 1.29 is 31.3 Å². The maximum absolute atomic E-state index is 13.0. The number of benzene rings is 1. The molecule has 1 aliphatic heterocycles. The molecule has 35 heavy (non-hydrogen) atoms. The second-order valence-electron chi connectivity index (χ2n) is 12.7. The molecule has 2 rings (SSSR count). The molecular formula is C25H46O7SSi2. The molecule has 1 aromatic carbocycles. The van der Waals surface area contributed by atoms with E-state index < -0.39 is 57.5 Å². The SMILES string of the molecule is Cc1ccc(S(=O)(=O)O[C@H](C)[C@H]2O[C@H](O)[C@@H](O[Si](C)(C)C(C)(C)C)[C@@H]2O[Si](C)(C)C(C)(C)C)cc1. The van der Waals surface area contributed by atoms with E-state index in [1.807, 2.05) is 6.92 Å². The van der Waals surface area contributed by atoms with E-state index in [-0.39, 0.29) is 15.0 Å². The molecule has 0 unspecified atom stereocenters.